The lowest BCUT2D eigenvalue weighted by molar-refractivity contribution is -0.146. The van der Waals surface area contributed by atoms with Crippen molar-refractivity contribution in [1.29, 1.82) is 0 Å². The second-order valence-electron chi connectivity index (χ2n) is 6.57. The normalized spacial score (nSPS) is 20.6. The Bertz CT molecular complexity index is 916. The topological polar surface area (TPSA) is 92.5 Å². The molecule has 2 fully saturated rings. The first-order chi connectivity index (χ1) is 12.2. The first kappa shape index (κ1) is 17.5. The van der Waals surface area contributed by atoms with Gasteiger partial charge in [-0.15, -0.1) is 15.3 Å². The third-order valence-electron chi connectivity index (χ3n) is 4.63. The molecule has 0 unspecified atom stereocenters. The minimum absolute atomic E-state index is 0.00761. The number of sulfonamides is 1. The summed E-state index contributed by atoms with van der Waals surface area (Å²) in [6.07, 6.45) is -2.05. The van der Waals surface area contributed by atoms with Gasteiger partial charge in [-0.1, -0.05) is 0 Å². The Labute approximate surface area is 147 Å². The van der Waals surface area contributed by atoms with Crippen molar-refractivity contribution in [2.75, 3.05) is 18.4 Å². The smallest absolute Gasteiger partial charge is 0.366 e. The highest BCUT2D eigenvalue weighted by Crippen LogP contribution is 2.32. The average molecular weight is 390 g/mol. The second kappa shape index (κ2) is 6.05. The van der Waals surface area contributed by atoms with E-state index in [0.717, 1.165) is 12.8 Å². The van der Waals surface area contributed by atoms with Crippen LogP contribution in [0.25, 0.3) is 5.65 Å². The number of hydrogen-bond donors (Lipinski definition) is 1. The predicted octanol–water partition coefficient (Wildman–Crippen LogP) is 1.51. The summed E-state index contributed by atoms with van der Waals surface area (Å²) < 4.78 is 65.4. The Kier molecular flexibility index (Phi) is 4.06. The SMILES string of the molecule is O=S(=O)(C1CC1)N1CCC(Nc2ccc3nnc(C(F)(F)F)n3n2)CC1. The Morgan fingerprint density at radius 3 is 2.38 bits per heavy atom. The highest BCUT2D eigenvalue weighted by atomic mass is 32.2. The molecule has 142 valence electrons. The van der Waals surface area contributed by atoms with Gasteiger partial charge in [0.25, 0.3) is 5.82 Å². The number of alkyl halides is 3. The number of aromatic nitrogens is 4. The molecule has 4 rings (SSSR count). The number of halogens is 3. The number of nitrogens with zero attached hydrogens (tertiary/aromatic N) is 5. The average Bonchev–Trinajstić information content (AvgIpc) is 3.35. The number of rotatable bonds is 4. The number of hydrogen-bond acceptors (Lipinski definition) is 6. The van der Waals surface area contributed by atoms with E-state index in [9.17, 15) is 21.6 Å². The molecule has 0 aromatic carbocycles. The standard InChI is InChI=1S/C14H17F3N6O2S/c15-14(16,17)13-20-19-12-4-3-11(21-23(12)13)18-9-5-7-22(8-6-9)26(24,25)10-1-2-10/h3-4,9-10H,1-2,5-8H2,(H,18,21). The molecule has 0 atom stereocenters. The van der Waals surface area contributed by atoms with E-state index in [1.807, 2.05) is 0 Å². The molecule has 1 saturated carbocycles. The molecule has 26 heavy (non-hydrogen) atoms. The van der Waals surface area contributed by atoms with Crippen LogP contribution in [0, 0.1) is 0 Å². The van der Waals surface area contributed by atoms with Crippen molar-refractivity contribution in [3.8, 4) is 0 Å². The monoisotopic (exact) mass is 390 g/mol. The molecule has 3 heterocycles. The van der Waals surface area contributed by atoms with Gasteiger partial charge >= 0.3 is 6.18 Å². The lowest BCUT2D eigenvalue weighted by atomic mass is 10.1. The Hall–Kier alpha value is -1.95. The van der Waals surface area contributed by atoms with Crippen LogP contribution < -0.4 is 5.32 Å². The van der Waals surface area contributed by atoms with Gasteiger partial charge in [0, 0.05) is 19.1 Å². The van der Waals surface area contributed by atoms with Crippen molar-refractivity contribution >= 4 is 21.5 Å². The van der Waals surface area contributed by atoms with Crippen LogP contribution >= 0.6 is 0 Å². The van der Waals surface area contributed by atoms with E-state index in [1.165, 1.54) is 16.4 Å². The fraction of sp³-hybridized carbons (Fsp3) is 0.643. The van der Waals surface area contributed by atoms with Crippen LogP contribution in [0.3, 0.4) is 0 Å². The van der Waals surface area contributed by atoms with Crippen LogP contribution in [0.2, 0.25) is 0 Å². The van der Waals surface area contributed by atoms with Gasteiger partial charge in [0.05, 0.1) is 5.25 Å². The van der Waals surface area contributed by atoms with E-state index in [1.54, 1.807) is 0 Å². The highest BCUT2D eigenvalue weighted by molar-refractivity contribution is 7.90. The Morgan fingerprint density at radius 1 is 1.08 bits per heavy atom. The number of anilines is 1. The summed E-state index contributed by atoms with van der Waals surface area (Å²) in [6.45, 7) is 0.804. The van der Waals surface area contributed by atoms with Gasteiger partial charge in [-0.2, -0.15) is 17.7 Å². The van der Waals surface area contributed by atoms with Crippen molar-refractivity contribution in [2.45, 2.75) is 43.2 Å². The Balaban J connectivity index is 1.45. The second-order valence-corrected chi connectivity index (χ2v) is 8.78. The summed E-state index contributed by atoms with van der Waals surface area (Å²) in [4.78, 5) is 0. The molecule has 1 aliphatic heterocycles. The molecular formula is C14H17F3N6O2S. The van der Waals surface area contributed by atoms with Crippen LogP contribution in [0.5, 0.6) is 0 Å². The molecule has 0 amide bonds. The van der Waals surface area contributed by atoms with E-state index >= 15 is 0 Å². The number of piperidine rings is 1. The maximum Gasteiger partial charge on any atom is 0.453 e. The number of nitrogens with one attached hydrogen (secondary N) is 1. The lowest BCUT2D eigenvalue weighted by Gasteiger charge is -2.31. The van der Waals surface area contributed by atoms with E-state index in [2.05, 4.69) is 20.6 Å². The van der Waals surface area contributed by atoms with Crippen molar-refractivity contribution in [3.63, 3.8) is 0 Å². The summed E-state index contributed by atoms with van der Waals surface area (Å²) in [5.41, 5.74) is 0.00761. The largest absolute Gasteiger partial charge is 0.453 e. The lowest BCUT2D eigenvalue weighted by Crippen LogP contribution is -2.43. The maximum absolute atomic E-state index is 12.9. The fourth-order valence-corrected chi connectivity index (χ4v) is 4.96. The van der Waals surface area contributed by atoms with E-state index in [4.69, 9.17) is 0 Å². The molecule has 1 saturated heterocycles. The molecule has 1 aliphatic carbocycles. The zero-order chi connectivity index (χ0) is 18.5. The molecule has 2 aliphatic rings. The summed E-state index contributed by atoms with van der Waals surface area (Å²) in [5.74, 6) is -0.909. The zero-order valence-electron chi connectivity index (χ0n) is 13.6. The minimum atomic E-state index is -4.65. The van der Waals surface area contributed by atoms with Gasteiger partial charge in [-0.3, -0.25) is 0 Å². The van der Waals surface area contributed by atoms with Gasteiger partial charge in [-0.05, 0) is 37.8 Å². The molecule has 1 N–H and O–H groups in total. The van der Waals surface area contributed by atoms with Crippen molar-refractivity contribution in [2.24, 2.45) is 0 Å². The molecule has 12 heteroatoms. The molecule has 2 aromatic heterocycles. The first-order valence-electron chi connectivity index (χ1n) is 8.30. The van der Waals surface area contributed by atoms with E-state index in [0.29, 0.717) is 30.4 Å². The van der Waals surface area contributed by atoms with Crippen molar-refractivity contribution in [3.05, 3.63) is 18.0 Å². The van der Waals surface area contributed by atoms with Crippen LogP contribution in [0.4, 0.5) is 19.0 Å². The minimum Gasteiger partial charge on any atom is -0.366 e. The predicted molar refractivity (Wildman–Crippen MR) is 85.9 cm³/mol. The van der Waals surface area contributed by atoms with Gasteiger partial charge in [0.1, 0.15) is 5.82 Å². The molecular weight excluding hydrogens is 373 g/mol. The summed E-state index contributed by atoms with van der Waals surface area (Å²) in [6, 6.07) is 2.89. The third kappa shape index (κ3) is 3.22. The van der Waals surface area contributed by atoms with Gasteiger partial charge < -0.3 is 5.32 Å². The van der Waals surface area contributed by atoms with Gasteiger partial charge in [-0.25, -0.2) is 12.7 Å². The zero-order valence-corrected chi connectivity index (χ0v) is 14.5. The summed E-state index contributed by atoms with van der Waals surface area (Å²) in [7, 11) is -3.18. The molecule has 0 radical (unpaired) electrons. The van der Waals surface area contributed by atoms with Crippen LogP contribution in [-0.2, 0) is 16.2 Å². The van der Waals surface area contributed by atoms with E-state index in [-0.39, 0.29) is 22.8 Å². The van der Waals surface area contributed by atoms with Crippen LogP contribution in [-0.4, -0.2) is 56.9 Å². The van der Waals surface area contributed by atoms with E-state index < -0.39 is 22.0 Å². The fourth-order valence-electron chi connectivity index (χ4n) is 3.08. The van der Waals surface area contributed by atoms with Crippen LogP contribution in [0.15, 0.2) is 12.1 Å². The van der Waals surface area contributed by atoms with Gasteiger partial charge in [0.15, 0.2) is 5.65 Å². The summed E-state index contributed by atoms with van der Waals surface area (Å²) in [5, 5.41) is 13.4. The van der Waals surface area contributed by atoms with Crippen molar-refractivity contribution < 1.29 is 21.6 Å². The summed E-state index contributed by atoms with van der Waals surface area (Å²) >= 11 is 0. The quantitative estimate of drug-likeness (QED) is 0.851. The highest BCUT2D eigenvalue weighted by Gasteiger charge is 2.41. The molecule has 0 spiro atoms. The van der Waals surface area contributed by atoms with Crippen molar-refractivity contribution in [1.82, 2.24) is 24.1 Å². The molecule has 2 aromatic rings. The molecule has 8 nitrogen and oxygen atoms in total. The van der Waals surface area contributed by atoms with Gasteiger partial charge in [0.2, 0.25) is 10.0 Å². The first-order valence-corrected chi connectivity index (χ1v) is 9.80. The number of fused-ring (bicyclic) bond motifs is 1. The third-order valence-corrected chi connectivity index (χ3v) is 7.03. The maximum atomic E-state index is 12.9. The Morgan fingerprint density at radius 2 is 1.77 bits per heavy atom. The molecule has 0 bridgehead atoms. The van der Waals surface area contributed by atoms with Crippen LogP contribution in [0.1, 0.15) is 31.5 Å².